The Kier molecular flexibility index (Phi) is 9.48. The van der Waals surface area contributed by atoms with Gasteiger partial charge in [0.05, 0.1) is 11.9 Å². The molecule has 0 saturated carbocycles. The molecule has 1 atom stereocenters. The van der Waals surface area contributed by atoms with Gasteiger partial charge in [0.25, 0.3) is 0 Å². The van der Waals surface area contributed by atoms with Gasteiger partial charge in [0.1, 0.15) is 18.0 Å². The van der Waals surface area contributed by atoms with E-state index in [0.29, 0.717) is 23.8 Å². The molecule has 44 heavy (non-hydrogen) atoms. The van der Waals surface area contributed by atoms with Crippen LogP contribution in [-0.2, 0) is 11.3 Å². The molecule has 1 saturated heterocycles. The molecule has 3 aromatic heterocycles. The number of anilines is 2. The highest BCUT2D eigenvalue weighted by Crippen LogP contribution is 2.29. The van der Waals surface area contributed by atoms with Crippen LogP contribution in [0.25, 0.3) is 28.0 Å². The van der Waals surface area contributed by atoms with Crippen LogP contribution in [0.1, 0.15) is 12.8 Å². The number of rotatable bonds is 9. The number of aromatic nitrogens is 3. The van der Waals surface area contributed by atoms with Crippen LogP contribution >= 0.6 is 0 Å². The van der Waals surface area contributed by atoms with Gasteiger partial charge in [-0.15, -0.1) is 4.41 Å². The molecule has 234 valence electrons. The molecule has 15 heteroatoms. The SMILES string of the molecule is CN(C)N(CC1CCN(c2ccc(-c3ccn4c(-c5cccc(NC(=O)NCC(F)(F)F)c5)cnc4c3)cn2)CC1)S(=O)O. The van der Waals surface area contributed by atoms with Crippen molar-refractivity contribution in [3.05, 3.63) is 67.1 Å². The number of fused-ring (bicyclic) bond motifs is 1. The summed E-state index contributed by atoms with van der Waals surface area (Å²) in [6.45, 7) is 0.736. The lowest BCUT2D eigenvalue weighted by atomic mass is 9.97. The number of halogens is 3. The molecule has 1 aliphatic rings. The highest BCUT2D eigenvalue weighted by molar-refractivity contribution is 7.76. The van der Waals surface area contributed by atoms with Crippen LogP contribution < -0.4 is 15.5 Å². The normalized spacial score (nSPS) is 15.2. The molecular weight excluding hydrogens is 597 g/mol. The van der Waals surface area contributed by atoms with Crippen LogP contribution in [0.5, 0.6) is 0 Å². The number of hydrogen-bond donors (Lipinski definition) is 3. The molecule has 1 fully saturated rings. The lowest BCUT2D eigenvalue weighted by Crippen LogP contribution is -2.44. The molecule has 0 bridgehead atoms. The summed E-state index contributed by atoms with van der Waals surface area (Å²) in [4.78, 5) is 23.3. The van der Waals surface area contributed by atoms with E-state index in [1.165, 1.54) is 4.41 Å². The summed E-state index contributed by atoms with van der Waals surface area (Å²) >= 11 is -2.04. The van der Waals surface area contributed by atoms with Crippen molar-refractivity contribution in [2.24, 2.45) is 5.92 Å². The molecule has 0 aliphatic carbocycles. The second-order valence-electron chi connectivity index (χ2n) is 10.7. The van der Waals surface area contributed by atoms with Crippen LogP contribution in [0, 0.1) is 5.92 Å². The number of benzene rings is 1. The Morgan fingerprint density at radius 3 is 2.48 bits per heavy atom. The van der Waals surface area contributed by atoms with Gasteiger partial charge in [-0.05, 0) is 60.7 Å². The van der Waals surface area contributed by atoms with Crippen molar-refractivity contribution < 1.29 is 26.7 Å². The number of hydrazine groups is 1. The highest BCUT2D eigenvalue weighted by atomic mass is 32.2. The molecule has 1 aromatic carbocycles. The van der Waals surface area contributed by atoms with E-state index in [1.54, 1.807) is 48.8 Å². The lowest BCUT2D eigenvalue weighted by Gasteiger charge is -2.35. The van der Waals surface area contributed by atoms with Crippen LogP contribution in [0.4, 0.5) is 29.5 Å². The van der Waals surface area contributed by atoms with Gasteiger partial charge in [-0.3, -0.25) is 8.95 Å². The number of nitrogens with zero attached hydrogens (tertiary/aromatic N) is 6. The van der Waals surface area contributed by atoms with E-state index >= 15 is 0 Å². The molecule has 0 spiro atoms. The van der Waals surface area contributed by atoms with E-state index in [1.807, 2.05) is 47.1 Å². The molecule has 3 N–H and O–H groups in total. The van der Waals surface area contributed by atoms with Crippen molar-refractivity contribution in [1.82, 2.24) is 29.1 Å². The van der Waals surface area contributed by atoms with Gasteiger partial charge >= 0.3 is 12.2 Å². The van der Waals surface area contributed by atoms with Crippen LogP contribution in [-0.4, -0.2) is 85.0 Å². The number of carbonyl (C=O) groups is 1. The van der Waals surface area contributed by atoms with E-state index in [0.717, 1.165) is 54.1 Å². The van der Waals surface area contributed by atoms with E-state index in [9.17, 15) is 26.7 Å². The molecule has 2 amide bonds. The second kappa shape index (κ2) is 13.3. The Morgan fingerprint density at radius 2 is 1.82 bits per heavy atom. The van der Waals surface area contributed by atoms with Gasteiger partial charge in [-0.1, -0.05) is 12.1 Å². The topological polar surface area (TPSA) is 118 Å². The zero-order chi connectivity index (χ0) is 31.4. The molecule has 4 heterocycles. The monoisotopic (exact) mass is 630 g/mol. The smallest absolute Gasteiger partial charge is 0.357 e. The van der Waals surface area contributed by atoms with Gasteiger partial charge in [0, 0.05) is 62.9 Å². The van der Waals surface area contributed by atoms with E-state index in [4.69, 9.17) is 4.98 Å². The molecule has 1 aliphatic heterocycles. The number of nitrogens with one attached hydrogen (secondary N) is 2. The maximum absolute atomic E-state index is 12.4. The summed E-state index contributed by atoms with van der Waals surface area (Å²) in [7, 11) is 3.52. The Bertz CT molecular complexity index is 1620. The summed E-state index contributed by atoms with van der Waals surface area (Å²) < 4.78 is 61.7. The van der Waals surface area contributed by atoms with E-state index in [2.05, 4.69) is 15.2 Å². The third kappa shape index (κ3) is 7.72. The quantitative estimate of drug-likeness (QED) is 0.178. The molecule has 4 aromatic rings. The summed E-state index contributed by atoms with van der Waals surface area (Å²) in [5.41, 5.74) is 4.39. The zero-order valence-corrected chi connectivity index (χ0v) is 25.0. The number of hydrogen-bond acceptors (Lipinski definition) is 6. The maximum Gasteiger partial charge on any atom is 0.405 e. The molecular formula is C29H33F3N8O3S. The fourth-order valence-corrected chi connectivity index (χ4v) is 5.78. The summed E-state index contributed by atoms with van der Waals surface area (Å²) in [5, 5.41) is 5.87. The minimum Gasteiger partial charge on any atom is -0.357 e. The number of urea groups is 1. The third-order valence-corrected chi connectivity index (χ3v) is 8.28. The van der Waals surface area contributed by atoms with E-state index in [-0.39, 0.29) is 0 Å². The molecule has 0 radical (unpaired) electrons. The maximum atomic E-state index is 12.4. The molecule has 1 unspecified atom stereocenters. The largest absolute Gasteiger partial charge is 0.405 e. The minimum atomic E-state index is -4.49. The number of piperidine rings is 1. The molecule has 5 rings (SSSR count). The minimum absolute atomic E-state index is 0.316. The lowest BCUT2D eigenvalue weighted by molar-refractivity contribution is -0.122. The van der Waals surface area contributed by atoms with Crippen molar-refractivity contribution in [2.75, 3.05) is 50.5 Å². The van der Waals surface area contributed by atoms with Crippen molar-refractivity contribution in [3.8, 4) is 22.4 Å². The molecule has 11 nitrogen and oxygen atoms in total. The fourth-order valence-electron chi connectivity index (χ4n) is 5.16. The van der Waals surface area contributed by atoms with Gasteiger partial charge in [-0.25, -0.2) is 24.0 Å². The Labute approximate surface area is 255 Å². The van der Waals surface area contributed by atoms with Crippen molar-refractivity contribution in [2.45, 2.75) is 19.0 Å². The number of imidazole rings is 1. The van der Waals surface area contributed by atoms with Crippen molar-refractivity contribution >= 4 is 34.5 Å². The number of alkyl halides is 3. The number of pyridine rings is 2. The van der Waals surface area contributed by atoms with Crippen molar-refractivity contribution in [1.29, 1.82) is 0 Å². The first-order valence-corrected chi connectivity index (χ1v) is 15.0. The first-order chi connectivity index (χ1) is 21.0. The predicted molar refractivity (Wildman–Crippen MR) is 163 cm³/mol. The second-order valence-corrected chi connectivity index (χ2v) is 11.6. The van der Waals surface area contributed by atoms with Gasteiger partial charge in [0.2, 0.25) is 11.3 Å². The van der Waals surface area contributed by atoms with Gasteiger partial charge in [-0.2, -0.15) is 13.2 Å². The van der Waals surface area contributed by atoms with Crippen LogP contribution in [0.2, 0.25) is 0 Å². The summed E-state index contributed by atoms with van der Waals surface area (Å²) in [6, 6.07) is 13.8. The van der Waals surface area contributed by atoms with Crippen LogP contribution in [0.3, 0.4) is 0 Å². The van der Waals surface area contributed by atoms with Gasteiger partial charge < -0.3 is 15.5 Å². The average Bonchev–Trinajstić information content (AvgIpc) is 3.42. The standard InChI is InChI=1S/C29H33F3N8O3S/c1-37(2)40(44(42)43)18-20-8-11-38(12-9-20)26-7-6-23(16-33-26)21-10-13-39-25(17-34-27(39)15-21)22-4-3-5-24(14-22)36-28(41)35-19-29(30,31)32/h3-7,10,13-17,20H,8-9,11-12,18-19H2,1-2H3,(H,42,43)(H2,35,36,41). The van der Waals surface area contributed by atoms with Gasteiger partial charge in [0.15, 0.2) is 0 Å². The Morgan fingerprint density at radius 1 is 1.05 bits per heavy atom. The van der Waals surface area contributed by atoms with Crippen LogP contribution in [0.15, 0.2) is 67.1 Å². The van der Waals surface area contributed by atoms with E-state index < -0.39 is 30.0 Å². The predicted octanol–water partition coefficient (Wildman–Crippen LogP) is 4.88. The average molecular weight is 631 g/mol. The Hall–Kier alpha value is -4.05. The van der Waals surface area contributed by atoms with Crippen molar-refractivity contribution in [3.63, 3.8) is 0 Å². The third-order valence-electron chi connectivity index (χ3n) is 7.44. The summed E-state index contributed by atoms with van der Waals surface area (Å²) in [5.74, 6) is 1.20. The fraction of sp³-hybridized carbons (Fsp3) is 0.345. The number of amides is 2. The zero-order valence-electron chi connectivity index (χ0n) is 24.2. The number of carbonyl (C=O) groups excluding carboxylic acids is 1. The first kappa shape index (κ1) is 31.4. The summed E-state index contributed by atoms with van der Waals surface area (Å²) in [6.07, 6.45) is 2.72. The Balaban J connectivity index is 1.23. The highest BCUT2D eigenvalue weighted by Gasteiger charge is 2.28. The first-order valence-electron chi connectivity index (χ1n) is 13.9.